The van der Waals surface area contributed by atoms with E-state index in [1.807, 2.05) is 6.07 Å². The van der Waals surface area contributed by atoms with Gasteiger partial charge in [0.05, 0.1) is 4.90 Å². The number of sulfonamides is 1. The minimum Gasteiger partial charge on any atom is -0.340 e. The number of amides is 1. The average molecular weight is 380 g/mol. The van der Waals surface area contributed by atoms with Crippen molar-refractivity contribution in [2.45, 2.75) is 55.5 Å². The number of carbonyl (C=O) groups excluding carboxylic acids is 1. The minimum atomic E-state index is -3.64. The molecule has 0 aromatic heterocycles. The van der Waals surface area contributed by atoms with Crippen LogP contribution in [0.3, 0.4) is 0 Å². The molecule has 142 valence electrons. The van der Waals surface area contributed by atoms with Gasteiger partial charge in [-0.3, -0.25) is 4.79 Å². The Morgan fingerprint density at radius 1 is 0.962 bits per heavy atom. The van der Waals surface area contributed by atoms with Crippen molar-refractivity contribution >= 4 is 15.9 Å². The Morgan fingerprint density at radius 2 is 1.62 bits per heavy atom. The van der Waals surface area contributed by atoms with Gasteiger partial charge in [0.15, 0.2) is 5.67 Å². The molecule has 3 aliphatic rings. The van der Waals surface area contributed by atoms with Crippen LogP contribution in [0.25, 0.3) is 0 Å². The second-order valence-electron chi connectivity index (χ2n) is 7.65. The number of aryl methyl sites for hydroxylation is 2. The summed E-state index contributed by atoms with van der Waals surface area (Å²) in [5, 5.41) is 0. The number of hydrogen-bond donors (Lipinski definition) is 0. The molecular formula is C19H25FN2O3S. The van der Waals surface area contributed by atoms with E-state index in [0.29, 0.717) is 13.1 Å². The molecule has 0 saturated carbocycles. The summed E-state index contributed by atoms with van der Waals surface area (Å²) < 4.78 is 42.3. The Kier molecular flexibility index (Phi) is 4.55. The standard InChI is InChI=1S/C19H25FN2O3S/c20-19(18(23)21-10-1-2-11-21)8-12-22(13-9-19)26(24,25)17-7-6-15-4-3-5-16(15)14-17/h6-7,14H,1-5,8-13H2. The Morgan fingerprint density at radius 3 is 2.31 bits per heavy atom. The van der Waals surface area contributed by atoms with Crippen LogP contribution in [-0.2, 0) is 27.7 Å². The van der Waals surface area contributed by atoms with Crippen LogP contribution in [-0.4, -0.2) is 55.4 Å². The van der Waals surface area contributed by atoms with Gasteiger partial charge in [-0.2, -0.15) is 4.31 Å². The third-order valence-corrected chi connectivity index (χ3v) is 7.89. The van der Waals surface area contributed by atoms with E-state index >= 15 is 4.39 Å². The van der Waals surface area contributed by atoms with Crippen molar-refractivity contribution in [1.29, 1.82) is 0 Å². The van der Waals surface area contributed by atoms with Crippen LogP contribution in [0.2, 0.25) is 0 Å². The molecule has 1 aromatic carbocycles. The number of benzene rings is 1. The van der Waals surface area contributed by atoms with Crippen molar-refractivity contribution in [3.8, 4) is 0 Å². The summed E-state index contributed by atoms with van der Waals surface area (Å²) in [6, 6.07) is 5.33. The van der Waals surface area contributed by atoms with Crippen LogP contribution >= 0.6 is 0 Å². The van der Waals surface area contributed by atoms with Gasteiger partial charge >= 0.3 is 0 Å². The molecule has 1 amide bonds. The fourth-order valence-corrected chi connectivity index (χ4v) is 5.85. The van der Waals surface area contributed by atoms with E-state index in [-0.39, 0.29) is 30.8 Å². The number of piperidine rings is 1. The molecule has 0 radical (unpaired) electrons. The Balaban J connectivity index is 1.47. The van der Waals surface area contributed by atoms with Crippen LogP contribution in [0.4, 0.5) is 4.39 Å². The molecule has 7 heteroatoms. The van der Waals surface area contributed by atoms with Crippen molar-refractivity contribution in [1.82, 2.24) is 9.21 Å². The molecule has 0 N–H and O–H groups in total. The van der Waals surface area contributed by atoms with Crippen LogP contribution in [0.5, 0.6) is 0 Å². The first-order valence-corrected chi connectivity index (χ1v) is 10.9. The van der Waals surface area contributed by atoms with Gasteiger partial charge in [0.2, 0.25) is 10.0 Å². The molecule has 0 unspecified atom stereocenters. The van der Waals surface area contributed by atoms with Gasteiger partial charge < -0.3 is 4.90 Å². The maximum atomic E-state index is 15.1. The van der Waals surface area contributed by atoms with E-state index in [0.717, 1.165) is 37.7 Å². The second kappa shape index (κ2) is 6.60. The predicted octanol–water partition coefficient (Wildman–Crippen LogP) is 2.29. The van der Waals surface area contributed by atoms with E-state index in [1.54, 1.807) is 17.0 Å². The molecule has 0 bridgehead atoms. The Bertz CT molecular complexity index is 810. The molecule has 2 aliphatic heterocycles. The highest BCUT2D eigenvalue weighted by atomic mass is 32.2. The molecule has 5 nitrogen and oxygen atoms in total. The molecule has 4 rings (SSSR count). The molecule has 1 aliphatic carbocycles. The lowest BCUT2D eigenvalue weighted by molar-refractivity contribution is -0.145. The summed E-state index contributed by atoms with van der Waals surface area (Å²) in [4.78, 5) is 14.3. The van der Waals surface area contributed by atoms with Crippen LogP contribution in [0.1, 0.15) is 43.2 Å². The molecule has 26 heavy (non-hydrogen) atoms. The smallest absolute Gasteiger partial charge is 0.260 e. The highest BCUT2D eigenvalue weighted by Crippen LogP contribution is 2.33. The maximum Gasteiger partial charge on any atom is 0.260 e. The van der Waals surface area contributed by atoms with Crippen molar-refractivity contribution < 1.29 is 17.6 Å². The van der Waals surface area contributed by atoms with E-state index in [2.05, 4.69) is 0 Å². The van der Waals surface area contributed by atoms with Crippen molar-refractivity contribution in [3.63, 3.8) is 0 Å². The number of carbonyl (C=O) groups is 1. The molecule has 2 fully saturated rings. The highest BCUT2D eigenvalue weighted by molar-refractivity contribution is 7.89. The monoisotopic (exact) mass is 380 g/mol. The third-order valence-electron chi connectivity index (χ3n) is 6.00. The second-order valence-corrected chi connectivity index (χ2v) is 9.59. The first-order chi connectivity index (χ1) is 12.4. The number of hydrogen-bond acceptors (Lipinski definition) is 3. The zero-order valence-electron chi connectivity index (χ0n) is 14.9. The summed E-state index contributed by atoms with van der Waals surface area (Å²) >= 11 is 0. The largest absolute Gasteiger partial charge is 0.340 e. The van der Waals surface area contributed by atoms with Crippen molar-refractivity contribution in [3.05, 3.63) is 29.3 Å². The van der Waals surface area contributed by atoms with Gasteiger partial charge in [-0.1, -0.05) is 6.07 Å². The van der Waals surface area contributed by atoms with E-state index < -0.39 is 21.6 Å². The van der Waals surface area contributed by atoms with Gasteiger partial charge in [0.25, 0.3) is 5.91 Å². The summed E-state index contributed by atoms with van der Waals surface area (Å²) in [6.07, 6.45) is 4.69. The predicted molar refractivity (Wildman–Crippen MR) is 96.1 cm³/mol. The number of likely N-dealkylation sites (tertiary alicyclic amines) is 1. The fraction of sp³-hybridized carbons (Fsp3) is 0.632. The maximum absolute atomic E-state index is 15.1. The fourth-order valence-electron chi connectivity index (χ4n) is 4.36. The Labute approximate surface area is 154 Å². The van der Waals surface area contributed by atoms with Crippen LogP contribution in [0, 0.1) is 0 Å². The first kappa shape index (κ1) is 17.9. The molecule has 0 spiro atoms. The lowest BCUT2D eigenvalue weighted by Crippen LogP contribution is -2.52. The lowest BCUT2D eigenvalue weighted by atomic mass is 9.93. The van der Waals surface area contributed by atoms with Crippen molar-refractivity contribution in [2.24, 2.45) is 0 Å². The van der Waals surface area contributed by atoms with Gasteiger partial charge in [0.1, 0.15) is 0 Å². The van der Waals surface area contributed by atoms with Gasteiger partial charge in [-0.25, -0.2) is 12.8 Å². The van der Waals surface area contributed by atoms with Crippen molar-refractivity contribution in [2.75, 3.05) is 26.2 Å². The van der Waals surface area contributed by atoms with E-state index in [4.69, 9.17) is 0 Å². The minimum absolute atomic E-state index is 0.0511. The average Bonchev–Trinajstić information content (AvgIpc) is 3.32. The quantitative estimate of drug-likeness (QED) is 0.808. The SMILES string of the molecule is O=C(N1CCCC1)C1(F)CCN(S(=O)(=O)c2ccc3c(c2)CCC3)CC1. The zero-order chi connectivity index (χ0) is 18.4. The summed E-state index contributed by atoms with van der Waals surface area (Å²) in [5.41, 5.74) is 0.405. The third kappa shape index (κ3) is 3.05. The van der Waals surface area contributed by atoms with Crippen LogP contribution < -0.4 is 0 Å². The number of halogens is 1. The zero-order valence-corrected chi connectivity index (χ0v) is 15.7. The number of nitrogens with zero attached hydrogens (tertiary/aromatic N) is 2. The molecular weight excluding hydrogens is 355 g/mol. The van der Waals surface area contributed by atoms with Crippen LogP contribution in [0.15, 0.2) is 23.1 Å². The molecule has 1 aromatic rings. The number of alkyl halides is 1. The number of fused-ring (bicyclic) bond motifs is 1. The van der Waals surface area contributed by atoms with E-state index in [1.165, 1.54) is 9.87 Å². The molecule has 2 saturated heterocycles. The lowest BCUT2D eigenvalue weighted by Gasteiger charge is -2.36. The summed E-state index contributed by atoms with van der Waals surface area (Å²) in [6.45, 7) is 1.33. The Hall–Kier alpha value is -1.47. The summed E-state index contributed by atoms with van der Waals surface area (Å²) in [5.74, 6) is -0.454. The molecule has 2 heterocycles. The topological polar surface area (TPSA) is 57.7 Å². The van der Waals surface area contributed by atoms with Gasteiger partial charge in [-0.15, -0.1) is 0 Å². The summed E-state index contributed by atoms with van der Waals surface area (Å²) in [7, 11) is -3.64. The number of rotatable bonds is 3. The van der Waals surface area contributed by atoms with E-state index in [9.17, 15) is 13.2 Å². The molecule has 0 atom stereocenters. The van der Waals surface area contributed by atoms with Gasteiger partial charge in [0, 0.05) is 39.0 Å². The highest BCUT2D eigenvalue weighted by Gasteiger charge is 2.46. The van der Waals surface area contributed by atoms with Gasteiger partial charge in [-0.05, 0) is 55.4 Å². The normalized spacial score (nSPS) is 23.2. The first-order valence-electron chi connectivity index (χ1n) is 9.50.